The highest BCUT2D eigenvalue weighted by Crippen LogP contribution is 2.30. The molecule has 8 nitrogen and oxygen atoms in total. The fourth-order valence-electron chi connectivity index (χ4n) is 3.52. The van der Waals surface area contributed by atoms with Crippen molar-refractivity contribution in [3.05, 3.63) is 70.5 Å². The summed E-state index contributed by atoms with van der Waals surface area (Å²) >= 11 is 0. The van der Waals surface area contributed by atoms with Crippen molar-refractivity contribution >= 4 is 22.5 Å². The van der Waals surface area contributed by atoms with Gasteiger partial charge in [0.2, 0.25) is 5.91 Å². The van der Waals surface area contributed by atoms with Gasteiger partial charge in [-0.25, -0.2) is 9.07 Å². The molecule has 0 aliphatic carbocycles. The molecular weight excluding hydrogens is 415 g/mol. The van der Waals surface area contributed by atoms with Gasteiger partial charge in [-0.1, -0.05) is 24.2 Å². The topological polar surface area (TPSA) is 99.2 Å². The average molecular weight is 436 g/mol. The summed E-state index contributed by atoms with van der Waals surface area (Å²) < 4.78 is 24.9. The van der Waals surface area contributed by atoms with Crippen LogP contribution in [0.3, 0.4) is 0 Å². The molecule has 1 amide bonds. The van der Waals surface area contributed by atoms with Crippen LogP contribution in [0.15, 0.2) is 57.8 Å². The summed E-state index contributed by atoms with van der Waals surface area (Å²) in [5.74, 6) is 0.191. The zero-order valence-corrected chi connectivity index (χ0v) is 17.8. The van der Waals surface area contributed by atoms with Crippen LogP contribution in [0.25, 0.3) is 22.2 Å². The van der Waals surface area contributed by atoms with Crippen molar-refractivity contribution in [3.63, 3.8) is 0 Å². The van der Waals surface area contributed by atoms with E-state index in [9.17, 15) is 14.0 Å². The van der Waals surface area contributed by atoms with Crippen LogP contribution in [0.5, 0.6) is 5.75 Å². The van der Waals surface area contributed by atoms with Gasteiger partial charge in [-0.2, -0.15) is 5.10 Å². The van der Waals surface area contributed by atoms with Crippen LogP contribution in [0.2, 0.25) is 0 Å². The monoisotopic (exact) mass is 436 g/mol. The first kappa shape index (κ1) is 21.2. The van der Waals surface area contributed by atoms with E-state index in [1.54, 1.807) is 39.2 Å². The minimum absolute atomic E-state index is 0.0864. The summed E-state index contributed by atoms with van der Waals surface area (Å²) in [7, 11) is 1.56. The van der Waals surface area contributed by atoms with Crippen LogP contribution >= 0.6 is 0 Å². The summed E-state index contributed by atoms with van der Waals surface area (Å²) in [6.07, 6.45) is 0.291. The van der Waals surface area contributed by atoms with Gasteiger partial charge in [0.1, 0.15) is 29.1 Å². The van der Waals surface area contributed by atoms with E-state index in [1.807, 2.05) is 6.07 Å². The standard InChI is InChI=1S/C23H21FN4O4/c1-4-18(22(29)25-16-10-8-15(24)9-11-16)28-23(30)21-19(13(2)32-27-21)20(26-28)14-6-5-7-17(12-14)31-3/h5-12,18H,4H2,1-3H3,(H,25,29). The lowest BCUT2D eigenvalue weighted by Crippen LogP contribution is -2.35. The predicted octanol–water partition coefficient (Wildman–Crippen LogP) is 4.10. The number of carbonyl (C=O) groups excluding carboxylic acids is 1. The van der Waals surface area contributed by atoms with E-state index in [0.29, 0.717) is 40.3 Å². The Balaban J connectivity index is 1.84. The summed E-state index contributed by atoms with van der Waals surface area (Å²) in [6.45, 7) is 3.47. The quantitative estimate of drug-likeness (QED) is 0.489. The number of aryl methyl sites for hydroxylation is 1. The van der Waals surface area contributed by atoms with Gasteiger partial charge in [-0.3, -0.25) is 9.59 Å². The second-order valence-electron chi connectivity index (χ2n) is 7.21. The predicted molar refractivity (Wildman–Crippen MR) is 117 cm³/mol. The number of nitrogens with one attached hydrogen (secondary N) is 1. The summed E-state index contributed by atoms with van der Waals surface area (Å²) in [6, 6.07) is 11.7. The fourth-order valence-corrected chi connectivity index (χ4v) is 3.52. The number of ether oxygens (including phenoxy) is 1. The van der Waals surface area contributed by atoms with E-state index in [1.165, 1.54) is 24.3 Å². The van der Waals surface area contributed by atoms with Gasteiger partial charge >= 0.3 is 0 Å². The molecule has 1 unspecified atom stereocenters. The highest BCUT2D eigenvalue weighted by atomic mass is 19.1. The van der Waals surface area contributed by atoms with E-state index < -0.39 is 23.3 Å². The Morgan fingerprint density at radius 1 is 1.25 bits per heavy atom. The molecule has 0 bridgehead atoms. The van der Waals surface area contributed by atoms with Crippen LogP contribution in [-0.4, -0.2) is 28.0 Å². The highest BCUT2D eigenvalue weighted by molar-refractivity contribution is 5.95. The first-order valence-corrected chi connectivity index (χ1v) is 10.0. The molecule has 0 fully saturated rings. The molecule has 2 aromatic carbocycles. The third kappa shape index (κ3) is 3.84. The molecule has 4 rings (SSSR count). The Morgan fingerprint density at radius 2 is 2.00 bits per heavy atom. The summed E-state index contributed by atoms with van der Waals surface area (Å²) in [5.41, 5.74) is 1.09. The van der Waals surface area contributed by atoms with Gasteiger partial charge in [0, 0.05) is 11.3 Å². The van der Waals surface area contributed by atoms with Crippen molar-refractivity contribution in [2.45, 2.75) is 26.3 Å². The molecule has 0 radical (unpaired) electrons. The number of halogens is 1. The van der Waals surface area contributed by atoms with Gasteiger partial charge < -0.3 is 14.6 Å². The molecule has 0 aliphatic rings. The average Bonchev–Trinajstić information content (AvgIpc) is 3.19. The van der Waals surface area contributed by atoms with Gasteiger partial charge in [0.15, 0.2) is 5.52 Å². The number of methoxy groups -OCH3 is 1. The van der Waals surface area contributed by atoms with Crippen molar-refractivity contribution in [3.8, 4) is 17.0 Å². The molecule has 4 aromatic rings. The molecule has 32 heavy (non-hydrogen) atoms. The smallest absolute Gasteiger partial charge is 0.297 e. The number of hydrogen-bond donors (Lipinski definition) is 1. The summed E-state index contributed by atoms with van der Waals surface area (Å²) in [4.78, 5) is 26.2. The van der Waals surface area contributed by atoms with Gasteiger partial charge in [0.05, 0.1) is 12.5 Å². The number of hydrogen-bond acceptors (Lipinski definition) is 6. The van der Waals surface area contributed by atoms with Crippen molar-refractivity contribution in [2.75, 3.05) is 12.4 Å². The Hall–Kier alpha value is -4.01. The molecule has 164 valence electrons. The van der Waals surface area contributed by atoms with Crippen molar-refractivity contribution in [1.29, 1.82) is 0 Å². The maximum absolute atomic E-state index is 13.2. The Bertz CT molecular complexity index is 1340. The molecule has 1 N–H and O–H groups in total. The number of carbonyl (C=O) groups is 1. The Labute approximate surface area is 182 Å². The van der Waals surface area contributed by atoms with E-state index in [0.717, 1.165) is 4.68 Å². The third-order valence-electron chi connectivity index (χ3n) is 5.16. The zero-order valence-electron chi connectivity index (χ0n) is 17.8. The van der Waals surface area contributed by atoms with Crippen molar-refractivity contribution in [1.82, 2.24) is 14.9 Å². The van der Waals surface area contributed by atoms with Gasteiger partial charge in [0.25, 0.3) is 5.56 Å². The minimum atomic E-state index is -0.918. The second-order valence-corrected chi connectivity index (χ2v) is 7.21. The second kappa shape index (κ2) is 8.62. The molecule has 0 saturated carbocycles. The molecular formula is C23H21FN4O4. The van der Waals surface area contributed by atoms with Crippen LogP contribution in [-0.2, 0) is 4.79 Å². The van der Waals surface area contributed by atoms with Crippen LogP contribution in [0.4, 0.5) is 10.1 Å². The van der Waals surface area contributed by atoms with E-state index in [2.05, 4.69) is 15.6 Å². The molecule has 0 aliphatic heterocycles. The lowest BCUT2D eigenvalue weighted by atomic mass is 10.1. The SMILES string of the molecule is CCC(C(=O)Nc1ccc(F)cc1)n1nc(-c2cccc(OC)c2)c2c(C)onc2c1=O. The van der Waals surface area contributed by atoms with Crippen LogP contribution < -0.4 is 15.6 Å². The van der Waals surface area contributed by atoms with Gasteiger partial charge in [-0.15, -0.1) is 0 Å². The Kier molecular flexibility index (Phi) is 5.72. The molecule has 1 atom stereocenters. The first-order valence-electron chi connectivity index (χ1n) is 10.0. The van der Waals surface area contributed by atoms with E-state index >= 15 is 0 Å². The Morgan fingerprint density at radius 3 is 2.69 bits per heavy atom. The first-order chi connectivity index (χ1) is 15.4. The number of fused-ring (bicyclic) bond motifs is 1. The normalized spacial score (nSPS) is 12.0. The number of anilines is 1. The fraction of sp³-hybridized carbons (Fsp3) is 0.217. The van der Waals surface area contributed by atoms with Crippen LogP contribution in [0.1, 0.15) is 25.1 Å². The van der Waals surface area contributed by atoms with Crippen LogP contribution in [0, 0.1) is 12.7 Å². The number of aromatic nitrogens is 3. The lowest BCUT2D eigenvalue weighted by Gasteiger charge is -2.18. The minimum Gasteiger partial charge on any atom is -0.497 e. The maximum atomic E-state index is 13.2. The molecule has 2 aromatic heterocycles. The third-order valence-corrected chi connectivity index (χ3v) is 5.16. The lowest BCUT2D eigenvalue weighted by molar-refractivity contribution is -0.119. The highest BCUT2D eigenvalue weighted by Gasteiger charge is 2.26. The zero-order chi connectivity index (χ0) is 22.8. The maximum Gasteiger partial charge on any atom is 0.297 e. The number of amides is 1. The molecule has 9 heteroatoms. The van der Waals surface area contributed by atoms with E-state index in [-0.39, 0.29) is 5.52 Å². The largest absolute Gasteiger partial charge is 0.497 e. The molecule has 2 heterocycles. The number of rotatable bonds is 6. The number of nitrogens with zero attached hydrogens (tertiary/aromatic N) is 3. The van der Waals surface area contributed by atoms with Gasteiger partial charge in [-0.05, 0) is 49.7 Å². The molecule has 0 spiro atoms. The van der Waals surface area contributed by atoms with E-state index in [4.69, 9.17) is 9.26 Å². The summed E-state index contributed by atoms with van der Waals surface area (Å²) in [5, 5.41) is 11.7. The van der Waals surface area contributed by atoms with Crippen molar-refractivity contribution < 1.29 is 18.4 Å². The molecule has 0 saturated heterocycles. The van der Waals surface area contributed by atoms with Crippen molar-refractivity contribution in [2.24, 2.45) is 0 Å². The number of benzene rings is 2.